The summed E-state index contributed by atoms with van der Waals surface area (Å²) >= 11 is 0. The number of imidazole rings is 1. The molecule has 4 heterocycles. The van der Waals surface area contributed by atoms with E-state index in [1.807, 2.05) is 12.1 Å². The van der Waals surface area contributed by atoms with Crippen LogP contribution < -0.4 is 11.1 Å². The van der Waals surface area contributed by atoms with E-state index in [0.29, 0.717) is 22.2 Å². The second-order valence-corrected chi connectivity index (χ2v) is 7.23. The first-order valence-corrected chi connectivity index (χ1v) is 9.60. The molecule has 5 rings (SSSR count). The smallest absolute Gasteiger partial charge is 0.251 e. The number of aromatic nitrogens is 5. The molecule has 1 aliphatic heterocycles. The van der Waals surface area contributed by atoms with Crippen molar-refractivity contribution in [3.8, 4) is 0 Å². The van der Waals surface area contributed by atoms with Crippen molar-refractivity contribution in [1.82, 2.24) is 29.8 Å². The third kappa shape index (κ3) is 3.24. The van der Waals surface area contributed by atoms with Crippen LogP contribution in [0.25, 0.3) is 22.1 Å². The van der Waals surface area contributed by atoms with Crippen molar-refractivity contribution < 1.29 is 19.7 Å². The number of nitrogens with one attached hydrogen (secondary N) is 1. The number of hydrogen-bond acceptors (Lipinski definition) is 9. The van der Waals surface area contributed by atoms with E-state index in [1.54, 1.807) is 29.0 Å². The Morgan fingerprint density at radius 2 is 2.10 bits per heavy atom. The van der Waals surface area contributed by atoms with Gasteiger partial charge in [0.1, 0.15) is 30.1 Å². The molecular weight excluding hydrogens is 402 g/mol. The average molecular weight is 421 g/mol. The zero-order chi connectivity index (χ0) is 21.5. The topological polar surface area (TPSA) is 161 Å². The summed E-state index contributed by atoms with van der Waals surface area (Å²) in [5.74, 6) is -0.215. The van der Waals surface area contributed by atoms with Crippen molar-refractivity contribution in [2.24, 2.45) is 0 Å². The number of aliphatic hydroxyl groups excluding tert-OH is 2. The van der Waals surface area contributed by atoms with Crippen LogP contribution in [-0.2, 0) is 4.74 Å². The van der Waals surface area contributed by atoms with Gasteiger partial charge in [0, 0.05) is 17.1 Å². The number of pyridine rings is 1. The molecule has 5 N–H and O–H groups in total. The molecule has 3 aromatic heterocycles. The SMILES string of the molecule is Nc1ncnc2c1ncn2[C@@H]1O[C@H](CO)[C@@H](O)[C@H]1NC(=O)c1ccc2cccnc2c1. The number of rotatable bonds is 4. The van der Waals surface area contributed by atoms with Crippen LogP contribution in [0.5, 0.6) is 0 Å². The van der Waals surface area contributed by atoms with Gasteiger partial charge in [-0.2, -0.15) is 0 Å². The predicted molar refractivity (Wildman–Crippen MR) is 110 cm³/mol. The van der Waals surface area contributed by atoms with Crippen LogP contribution in [0.1, 0.15) is 16.6 Å². The lowest BCUT2D eigenvalue weighted by molar-refractivity contribution is -0.0440. The van der Waals surface area contributed by atoms with Gasteiger partial charge in [0.05, 0.1) is 18.5 Å². The number of carbonyl (C=O) groups excluding carboxylic acids is 1. The number of fused-ring (bicyclic) bond motifs is 2. The number of carbonyl (C=O) groups is 1. The molecule has 1 aromatic carbocycles. The number of ether oxygens (including phenoxy) is 1. The van der Waals surface area contributed by atoms with E-state index in [2.05, 4.69) is 25.3 Å². The van der Waals surface area contributed by atoms with E-state index >= 15 is 0 Å². The first-order chi connectivity index (χ1) is 15.1. The third-order valence-electron chi connectivity index (χ3n) is 5.38. The van der Waals surface area contributed by atoms with E-state index in [0.717, 1.165) is 5.39 Å². The number of benzene rings is 1. The van der Waals surface area contributed by atoms with E-state index in [-0.39, 0.29) is 5.82 Å². The molecular formula is C20H19N7O4. The van der Waals surface area contributed by atoms with Gasteiger partial charge in [0.25, 0.3) is 5.91 Å². The van der Waals surface area contributed by atoms with Crippen molar-refractivity contribution in [3.63, 3.8) is 0 Å². The molecule has 0 spiro atoms. The van der Waals surface area contributed by atoms with Crippen LogP contribution in [0.4, 0.5) is 5.82 Å². The maximum Gasteiger partial charge on any atom is 0.251 e. The van der Waals surface area contributed by atoms with Gasteiger partial charge in [-0.1, -0.05) is 12.1 Å². The second-order valence-electron chi connectivity index (χ2n) is 7.23. The monoisotopic (exact) mass is 421 g/mol. The van der Waals surface area contributed by atoms with Gasteiger partial charge in [0.2, 0.25) is 0 Å². The minimum Gasteiger partial charge on any atom is -0.394 e. The number of amides is 1. The van der Waals surface area contributed by atoms with Gasteiger partial charge < -0.3 is 26.0 Å². The van der Waals surface area contributed by atoms with Crippen LogP contribution in [0.15, 0.2) is 49.2 Å². The Labute approximate surface area is 175 Å². The fourth-order valence-corrected chi connectivity index (χ4v) is 3.79. The number of nitrogens with two attached hydrogens (primary N) is 1. The highest BCUT2D eigenvalue weighted by atomic mass is 16.5. The molecule has 31 heavy (non-hydrogen) atoms. The normalized spacial score (nSPS) is 23.4. The second kappa shape index (κ2) is 7.54. The maximum atomic E-state index is 13.0. The van der Waals surface area contributed by atoms with Crippen LogP contribution in [0.3, 0.4) is 0 Å². The van der Waals surface area contributed by atoms with Gasteiger partial charge in [-0.25, -0.2) is 15.0 Å². The van der Waals surface area contributed by atoms with Gasteiger partial charge >= 0.3 is 0 Å². The summed E-state index contributed by atoms with van der Waals surface area (Å²) in [6, 6.07) is 8.00. The summed E-state index contributed by atoms with van der Waals surface area (Å²) in [4.78, 5) is 29.6. The minimum atomic E-state index is -1.16. The highest BCUT2D eigenvalue weighted by molar-refractivity contribution is 5.98. The lowest BCUT2D eigenvalue weighted by atomic mass is 10.1. The minimum absolute atomic E-state index is 0.199. The highest BCUT2D eigenvalue weighted by Crippen LogP contribution is 2.32. The van der Waals surface area contributed by atoms with Crippen molar-refractivity contribution in [3.05, 3.63) is 54.7 Å². The van der Waals surface area contributed by atoms with Crippen molar-refractivity contribution in [2.75, 3.05) is 12.3 Å². The van der Waals surface area contributed by atoms with E-state index in [4.69, 9.17) is 10.5 Å². The average Bonchev–Trinajstić information content (AvgIpc) is 3.35. The largest absolute Gasteiger partial charge is 0.394 e. The number of hydrogen-bond donors (Lipinski definition) is 4. The summed E-state index contributed by atoms with van der Waals surface area (Å²) in [6.07, 6.45) is 1.47. The standard InChI is InChI=1S/C20H19N7O4/c21-17-15-18(24-8-23-17)27(9-25-15)20-14(16(29)13(7-28)31-20)26-19(30)11-4-3-10-2-1-5-22-12(10)6-11/h1-6,8-9,13-14,16,20,28-29H,7H2,(H,26,30)(H2,21,23,24)/t13-,14-,16-,20-/m1/s1. The van der Waals surface area contributed by atoms with Crippen molar-refractivity contribution in [2.45, 2.75) is 24.5 Å². The van der Waals surface area contributed by atoms with Crippen LogP contribution in [0, 0.1) is 0 Å². The summed E-state index contributed by atoms with van der Waals surface area (Å²) in [5.41, 5.74) is 7.67. The van der Waals surface area contributed by atoms with E-state index in [1.165, 1.54) is 12.7 Å². The van der Waals surface area contributed by atoms with Gasteiger partial charge in [-0.3, -0.25) is 14.3 Å². The third-order valence-corrected chi connectivity index (χ3v) is 5.38. The molecule has 0 bridgehead atoms. The Kier molecular flexibility index (Phi) is 4.70. The Morgan fingerprint density at radius 3 is 2.94 bits per heavy atom. The molecule has 1 amide bonds. The zero-order valence-corrected chi connectivity index (χ0v) is 16.2. The molecule has 1 saturated heterocycles. The molecule has 0 aliphatic carbocycles. The predicted octanol–water partition coefficient (Wildman–Crippen LogP) is 0.00590. The maximum absolute atomic E-state index is 13.0. The molecule has 0 saturated carbocycles. The fraction of sp³-hybridized carbons (Fsp3) is 0.250. The Morgan fingerprint density at radius 1 is 1.23 bits per heavy atom. The molecule has 4 aromatic rings. The summed E-state index contributed by atoms with van der Waals surface area (Å²) in [6.45, 7) is -0.423. The van der Waals surface area contributed by atoms with Crippen LogP contribution in [-0.4, -0.2) is 65.5 Å². The summed E-state index contributed by atoms with van der Waals surface area (Å²) < 4.78 is 7.38. The first-order valence-electron chi connectivity index (χ1n) is 9.60. The van der Waals surface area contributed by atoms with Gasteiger partial charge in [-0.15, -0.1) is 0 Å². The molecule has 1 fully saturated rings. The number of nitrogens with zero attached hydrogens (tertiary/aromatic N) is 5. The molecule has 0 radical (unpaired) electrons. The van der Waals surface area contributed by atoms with E-state index < -0.39 is 37.0 Å². The molecule has 0 unspecified atom stereocenters. The number of anilines is 1. The van der Waals surface area contributed by atoms with E-state index in [9.17, 15) is 15.0 Å². The Hall–Kier alpha value is -3.67. The quantitative estimate of drug-likeness (QED) is 0.355. The van der Waals surface area contributed by atoms with Crippen LogP contribution >= 0.6 is 0 Å². The van der Waals surface area contributed by atoms with Crippen LogP contribution in [0.2, 0.25) is 0 Å². The molecule has 158 valence electrons. The molecule has 11 nitrogen and oxygen atoms in total. The zero-order valence-electron chi connectivity index (χ0n) is 16.2. The van der Waals surface area contributed by atoms with Gasteiger partial charge in [0.15, 0.2) is 17.7 Å². The molecule has 4 atom stereocenters. The number of aliphatic hydroxyl groups is 2. The molecule has 11 heteroatoms. The first kappa shape index (κ1) is 19.3. The Bertz CT molecular complexity index is 1280. The molecule has 1 aliphatic rings. The van der Waals surface area contributed by atoms with Gasteiger partial charge in [-0.05, 0) is 18.2 Å². The van der Waals surface area contributed by atoms with Crippen molar-refractivity contribution >= 4 is 33.8 Å². The van der Waals surface area contributed by atoms with Crippen molar-refractivity contribution in [1.29, 1.82) is 0 Å². The summed E-state index contributed by atoms with van der Waals surface area (Å²) in [7, 11) is 0. The number of nitrogen functional groups attached to an aromatic ring is 1. The lowest BCUT2D eigenvalue weighted by Gasteiger charge is -2.23. The lowest BCUT2D eigenvalue weighted by Crippen LogP contribution is -2.46. The Balaban J connectivity index is 1.48. The fourth-order valence-electron chi connectivity index (χ4n) is 3.79. The summed E-state index contributed by atoms with van der Waals surface area (Å²) in [5, 5.41) is 24.1. The highest BCUT2D eigenvalue weighted by Gasteiger charge is 2.46.